The topological polar surface area (TPSA) is 71.1 Å². The lowest BCUT2D eigenvalue weighted by atomic mass is 9.74. The molecule has 0 fully saturated rings. The smallest absolute Gasteiger partial charge is 0.344 e. The predicted octanol–water partition coefficient (Wildman–Crippen LogP) is 5.84. The van der Waals surface area contributed by atoms with Crippen LogP contribution < -0.4 is 9.47 Å². The van der Waals surface area contributed by atoms with E-state index in [9.17, 15) is 9.59 Å². The molecule has 0 radical (unpaired) electrons. The zero-order valence-electron chi connectivity index (χ0n) is 21.7. The van der Waals surface area contributed by atoms with Gasteiger partial charge in [-0.3, -0.25) is 0 Å². The van der Waals surface area contributed by atoms with Crippen molar-refractivity contribution in [2.24, 2.45) is 0 Å². The molecule has 0 saturated heterocycles. The fourth-order valence-corrected chi connectivity index (χ4v) is 3.44. The summed E-state index contributed by atoms with van der Waals surface area (Å²) in [5, 5.41) is 0. The molecule has 0 atom stereocenters. The molecule has 0 aliphatic heterocycles. The van der Waals surface area contributed by atoms with Crippen molar-refractivity contribution in [3.63, 3.8) is 0 Å². The minimum atomic E-state index is -0.538. The minimum absolute atomic E-state index is 0.133. The number of ether oxygens (including phenoxy) is 4. The molecule has 6 heteroatoms. The standard InChI is InChI=1S/C28H38O6/c1-9-28(8,20-10-14-22(15-11-20)31-18-24(29)33-26(2,3)4)21-12-16-23(17-13-21)32-19-25(30)34-27(5,6)7/h10-17H,9,18-19H2,1-8H3. The highest BCUT2D eigenvalue weighted by atomic mass is 16.6. The number of rotatable bonds is 9. The summed E-state index contributed by atoms with van der Waals surface area (Å²) < 4.78 is 21.7. The fourth-order valence-electron chi connectivity index (χ4n) is 3.44. The molecular formula is C28H38O6. The van der Waals surface area contributed by atoms with Crippen molar-refractivity contribution in [2.75, 3.05) is 13.2 Å². The van der Waals surface area contributed by atoms with Crippen molar-refractivity contribution < 1.29 is 28.5 Å². The maximum absolute atomic E-state index is 11.9. The van der Waals surface area contributed by atoms with Crippen molar-refractivity contribution in [1.29, 1.82) is 0 Å². The Morgan fingerprint density at radius 1 is 0.618 bits per heavy atom. The van der Waals surface area contributed by atoms with E-state index in [4.69, 9.17) is 18.9 Å². The van der Waals surface area contributed by atoms with Gasteiger partial charge in [0.25, 0.3) is 0 Å². The number of esters is 2. The lowest BCUT2D eigenvalue weighted by Gasteiger charge is -2.30. The van der Waals surface area contributed by atoms with Crippen LogP contribution in [-0.4, -0.2) is 36.4 Å². The molecule has 0 aliphatic carbocycles. The van der Waals surface area contributed by atoms with Gasteiger partial charge in [0, 0.05) is 5.41 Å². The maximum Gasteiger partial charge on any atom is 0.344 e. The quantitative estimate of drug-likeness (QED) is 0.429. The van der Waals surface area contributed by atoms with E-state index in [1.807, 2.05) is 90.1 Å². The summed E-state index contributed by atoms with van der Waals surface area (Å²) in [5.41, 5.74) is 0.949. The Hall–Kier alpha value is -3.02. The Morgan fingerprint density at radius 2 is 0.941 bits per heavy atom. The lowest BCUT2D eigenvalue weighted by Crippen LogP contribution is -2.27. The van der Waals surface area contributed by atoms with Gasteiger partial charge in [0.2, 0.25) is 0 Å². The van der Waals surface area contributed by atoms with Gasteiger partial charge in [-0.15, -0.1) is 0 Å². The molecule has 0 amide bonds. The maximum atomic E-state index is 11.9. The normalized spacial score (nSPS) is 12.1. The summed E-state index contributed by atoms with van der Waals surface area (Å²) in [6.45, 7) is 15.0. The average Bonchev–Trinajstić information content (AvgIpc) is 2.74. The third kappa shape index (κ3) is 8.40. The van der Waals surface area contributed by atoms with Gasteiger partial charge in [-0.1, -0.05) is 38.1 Å². The first-order valence-corrected chi connectivity index (χ1v) is 11.6. The number of carbonyl (C=O) groups excluding carboxylic acids is 2. The molecule has 2 rings (SSSR count). The first kappa shape index (κ1) is 27.2. The van der Waals surface area contributed by atoms with Gasteiger partial charge in [0.1, 0.15) is 22.7 Å². The fraction of sp³-hybridized carbons (Fsp3) is 0.500. The molecule has 34 heavy (non-hydrogen) atoms. The molecule has 2 aromatic carbocycles. The molecule has 0 spiro atoms. The van der Waals surface area contributed by atoms with E-state index in [2.05, 4.69) is 13.8 Å². The van der Waals surface area contributed by atoms with Crippen molar-refractivity contribution in [3.8, 4) is 11.5 Å². The zero-order valence-corrected chi connectivity index (χ0v) is 21.7. The van der Waals surface area contributed by atoms with Crippen molar-refractivity contribution in [3.05, 3.63) is 59.7 Å². The van der Waals surface area contributed by atoms with Crippen LogP contribution in [0.15, 0.2) is 48.5 Å². The van der Waals surface area contributed by atoms with E-state index in [0.717, 1.165) is 17.5 Å². The molecule has 0 bridgehead atoms. The Balaban J connectivity index is 2.03. The molecule has 186 valence electrons. The van der Waals surface area contributed by atoms with Crippen LogP contribution >= 0.6 is 0 Å². The molecule has 0 N–H and O–H groups in total. The third-order valence-corrected chi connectivity index (χ3v) is 5.24. The largest absolute Gasteiger partial charge is 0.482 e. The molecule has 0 saturated carbocycles. The summed E-state index contributed by atoms with van der Waals surface area (Å²) in [6.07, 6.45) is 0.878. The summed E-state index contributed by atoms with van der Waals surface area (Å²) in [4.78, 5) is 23.8. The number of hydrogen-bond donors (Lipinski definition) is 0. The lowest BCUT2D eigenvalue weighted by molar-refractivity contribution is -0.158. The molecule has 0 unspecified atom stereocenters. The SMILES string of the molecule is CCC(C)(c1ccc(OCC(=O)OC(C)(C)C)cc1)c1ccc(OCC(=O)OC(C)(C)C)cc1. The Kier molecular flexibility index (Phi) is 8.76. The van der Waals surface area contributed by atoms with Crippen LogP contribution in [0.5, 0.6) is 11.5 Å². The predicted molar refractivity (Wildman–Crippen MR) is 132 cm³/mol. The number of benzene rings is 2. The van der Waals surface area contributed by atoms with Crippen LogP contribution in [0.4, 0.5) is 0 Å². The first-order valence-electron chi connectivity index (χ1n) is 11.6. The van der Waals surface area contributed by atoms with E-state index >= 15 is 0 Å². The van der Waals surface area contributed by atoms with Crippen LogP contribution in [-0.2, 0) is 24.5 Å². The second kappa shape index (κ2) is 10.9. The summed E-state index contributed by atoms with van der Waals surface area (Å²) in [7, 11) is 0. The minimum Gasteiger partial charge on any atom is -0.482 e. The molecule has 2 aromatic rings. The van der Waals surface area contributed by atoms with Crippen LogP contribution in [0.2, 0.25) is 0 Å². The van der Waals surface area contributed by atoms with Gasteiger partial charge < -0.3 is 18.9 Å². The van der Waals surface area contributed by atoms with Gasteiger partial charge >= 0.3 is 11.9 Å². The van der Waals surface area contributed by atoms with Crippen LogP contribution in [0.1, 0.15) is 72.9 Å². The van der Waals surface area contributed by atoms with Crippen LogP contribution in [0.3, 0.4) is 0 Å². The number of hydrogen-bond acceptors (Lipinski definition) is 6. The van der Waals surface area contributed by atoms with Crippen molar-refractivity contribution >= 4 is 11.9 Å². The molecule has 0 aliphatic rings. The highest BCUT2D eigenvalue weighted by molar-refractivity contribution is 5.72. The highest BCUT2D eigenvalue weighted by Crippen LogP contribution is 2.36. The summed E-state index contributed by atoms with van der Waals surface area (Å²) in [5.74, 6) is 0.422. The zero-order chi connectivity index (χ0) is 25.6. The number of carbonyl (C=O) groups is 2. The molecule has 0 heterocycles. The second-order valence-corrected chi connectivity index (χ2v) is 10.5. The monoisotopic (exact) mass is 470 g/mol. The first-order chi connectivity index (χ1) is 15.7. The van der Waals surface area contributed by atoms with E-state index in [-0.39, 0.29) is 18.6 Å². The van der Waals surface area contributed by atoms with E-state index < -0.39 is 23.1 Å². The van der Waals surface area contributed by atoms with E-state index in [1.165, 1.54) is 0 Å². The third-order valence-electron chi connectivity index (χ3n) is 5.24. The van der Waals surface area contributed by atoms with Crippen LogP contribution in [0.25, 0.3) is 0 Å². The highest BCUT2D eigenvalue weighted by Gasteiger charge is 2.27. The van der Waals surface area contributed by atoms with Crippen molar-refractivity contribution in [1.82, 2.24) is 0 Å². The summed E-state index contributed by atoms with van der Waals surface area (Å²) in [6, 6.07) is 15.5. The van der Waals surface area contributed by atoms with Gasteiger partial charge in [0.05, 0.1) is 0 Å². The van der Waals surface area contributed by atoms with Gasteiger partial charge in [-0.05, 0) is 83.4 Å². The van der Waals surface area contributed by atoms with E-state index in [1.54, 1.807) is 0 Å². The van der Waals surface area contributed by atoms with Gasteiger partial charge in [-0.25, -0.2) is 9.59 Å². The summed E-state index contributed by atoms with van der Waals surface area (Å²) >= 11 is 0. The molecule has 6 nitrogen and oxygen atoms in total. The van der Waals surface area contributed by atoms with Gasteiger partial charge in [0.15, 0.2) is 13.2 Å². The molecular weight excluding hydrogens is 432 g/mol. The van der Waals surface area contributed by atoms with Crippen LogP contribution in [0, 0.1) is 0 Å². The van der Waals surface area contributed by atoms with Gasteiger partial charge in [-0.2, -0.15) is 0 Å². The second-order valence-electron chi connectivity index (χ2n) is 10.5. The average molecular weight is 471 g/mol. The Morgan fingerprint density at radius 3 is 1.21 bits per heavy atom. The Bertz CT molecular complexity index is 871. The molecule has 0 aromatic heterocycles. The van der Waals surface area contributed by atoms with Crippen molar-refractivity contribution in [2.45, 2.75) is 78.4 Å². The Labute approximate surface area is 203 Å². The van der Waals surface area contributed by atoms with E-state index in [0.29, 0.717) is 11.5 Å².